The summed E-state index contributed by atoms with van der Waals surface area (Å²) in [5.74, 6) is 1.32. The van der Waals surface area contributed by atoms with Crippen LogP contribution in [0.5, 0.6) is 0 Å². The van der Waals surface area contributed by atoms with Crippen molar-refractivity contribution in [1.82, 2.24) is 58.6 Å². The molecule has 14 aromatic rings. The molecule has 0 spiro atoms. The van der Waals surface area contributed by atoms with Gasteiger partial charge in [-0.15, -0.1) is 0 Å². The van der Waals surface area contributed by atoms with Crippen molar-refractivity contribution in [2.75, 3.05) is 55.8 Å². The van der Waals surface area contributed by atoms with Crippen molar-refractivity contribution in [3.05, 3.63) is 324 Å². The number of halogens is 6. The number of ether oxygens (including phenoxy) is 6. The molecule has 2 unspecified atom stereocenters. The van der Waals surface area contributed by atoms with Gasteiger partial charge in [-0.2, -0.15) is 26.3 Å². The molecule has 9 heterocycles. The molecule has 0 aliphatic carbocycles. The molecule has 14 atom stereocenters. The zero-order valence-electron chi connectivity index (χ0n) is 82.0. The molecule has 6 aromatic heterocycles. The molecule has 0 bridgehead atoms. The second-order valence-corrected chi connectivity index (χ2v) is 51.5. The summed E-state index contributed by atoms with van der Waals surface area (Å²) in [6.45, 7) is 18.2. The highest BCUT2D eigenvalue weighted by Gasteiger charge is 2.58. The van der Waals surface area contributed by atoms with Crippen LogP contribution in [-0.4, -0.2) is 171 Å². The lowest BCUT2D eigenvalue weighted by Gasteiger charge is -2.40. The number of aromatic nitrogens is 12. The minimum atomic E-state index is -5.68. The average Bonchev–Trinajstić information content (AvgIpc) is 1.60. The van der Waals surface area contributed by atoms with Crippen molar-refractivity contribution in [3.8, 4) is 0 Å². The van der Waals surface area contributed by atoms with Gasteiger partial charge >= 0.3 is 28.0 Å². The summed E-state index contributed by atoms with van der Waals surface area (Å²) in [6, 6.07) is 67.8. The molecule has 31 nitrogen and oxygen atoms in total. The zero-order valence-corrected chi connectivity index (χ0v) is 85.8. The maximum Gasteiger partial charge on any atom is 0.475 e. The highest BCUT2D eigenvalue weighted by molar-refractivity contribution is 7.48. The summed E-state index contributed by atoms with van der Waals surface area (Å²) in [5, 5.41) is -0.908. The lowest BCUT2D eigenvalue weighted by atomic mass is 10.1. The molecular formula is C103H117F6N15O16P2Si2. The molecule has 17 rings (SSSR count). The van der Waals surface area contributed by atoms with Crippen LogP contribution in [0.1, 0.15) is 116 Å². The third-order valence-corrected chi connectivity index (χ3v) is 38.9. The first-order valence-electron chi connectivity index (χ1n) is 47.3. The first kappa shape index (κ1) is 104. The Morgan fingerprint density at radius 1 is 0.340 bits per heavy atom. The molecule has 3 fully saturated rings. The van der Waals surface area contributed by atoms with E-state index in [9.17, 15) is 0 Å². The second kappa shape index (κ2) is 44.2. The molecule has 3 aliphatic rings. The minimum absolute atomic E-state index is 0.134. The van der Waals surface area contributed by atoms with Gasteiger partial charge in [0, 0.05) is 60.6 Å². The molecule has 0 amide bonds. The highest BCUT2D eigenvalue weighted by atomic mass is 31.2. The van der Waals surface area contributed by atoms with Gasteiger partial charge in [-0.3, -0.25) is 40.8 Å². The van der Waals surface area contributed by atoms with Gasteiger partial charge in [0.1, 0.15) is 73.9 Å². The van der Waals surface area contributed by atoms with Crippen LogP contribution in [0.3, 0.4) is 0 Å². The van der Waals surface area contributed by atoms with E-state index in [-0.39, 0.29) is 23.4 Å². The number of phosphoric acid groups is 2. The van der Waals surface area contributed by atoms with E-state index < -0.39 is 177 Å². The quantitative estimate of drug-likeness (QED) is 0.0195. The summed E-state index contributed by atoms with van der Waals surface area (Å²) < 4.78 is 227. The maximum absolute atomic E-state index is 17.2. The summed E-state index contributed by atoms with van der Waals surface area (Å²) in [6.07, 6.45) is -18.6. The van der Waals surface area contributed by atoms with Gasteiger partial charge < -0.3 is 52.0 Å². The number of fused-ring (bicyclic) bond motifs is 3. The van der Waals surface area contributed by atoms with Crippen molar-refractivity contribution >= 4 is 83.2 Å². The number of alkyl halides is 6. The largest absolute Gasteiger partial charge is 0.475 e. The fraction of sp³-hybridized carbons (Fsp3) is 0.388. The van der Waals surface area contributed by atoms with E-state index in [2.05, 4.69) is 9.80 Å². The average molecular weight is 2050 g/mol. The fourth-order valence-corrected chi connectivity index (χ4v) is 22.6. The van der Waals surface area contributed by atoms with E-state index in [1.54, 1.807) is 15.5 Å². The molecular weight excluding hydrogens is 1940 g/mol. The Morgan fingerprint density at radius 3 is 0.896 bits per heavy atom. The van der Waals surface area contributed by atoms with Crippen LogP contribution < -0.4 is 14.7 Å². The van der Waals surface area contributed by atoms with Crippen molar-refractivity contribution < 1.29 is 99.9 Å². The maximum atomic E-state index is 17.2. The summed E-state index contributed by atoms with van der Waals surface area (Å²) in [4.78, 5) is 50.1. The number of hydrogen-bond donors (Lipinski definition) is 0. The molecule has 0 N–H and O–H groups in total. The number of rotatable bonds is 42. The first-order valence-corrected chi connectivity index (χ1v) is 56.0. The van der Waals surface area contributed by atoms with Crippen molar-refractivity contribution in [2.45, 2.75) is 216 Å². The molecule has 3 saturated heterocycles. The number of nitrogens with zero attached hydrogens (tertiary/aromatic N) is 15. The van der Waals surface area contributed by atoms with E-state index in [1.165, 1.54) is 81.8 Å². The molecule has 144 heavy (non-hydrogen) atoms. The van der Waals surface area contributed by atoms with Crippen molar-refractivity contribution in [2.24, 2.45) is 0 Å². The van der Waals surface area contributed by atoms with Gasteiger partial charge in [-0.1, -0.05) is 260 Å². The lowest BCUT2D eigenvalue weighted by Crippen LogP contribution is -2.50. The van der Waals surface area contributed by atoms with E-state index in [0.29, 0.717) is 73.4 Å². The Labute approximate surface area is 833 Å². The van der Waals surface area contributed by atoms with Crippen molar-refractivity contribution in [3.63, 3.8) is 0 Å². The van der Waals surface area contributed by atoms with Crippen LogP contribution in [0.25, 0.3) is 33.5 Å². The number of phosphoric ester groups is 2. The minimum Gasteiger partial charge on any atom is -0.414 e. The van der Waals surface area contributed by atoms with Gasteiger partial charge in [0.05, 0.1) is 63.1 Å². The summed E-state index contributed by atoms with van der Waals surface area (Å²) in [7, 11) is -13.0. The standard InChI is InChI=1S/C103H117F6N15O16P2Si2/c1-100(2,3)143(10,11)134-62-81-86(89(128-8)98(137-81)123-67-117-83-92(111-64-114-95(83)123)120(54-71-40-24-16-25-41-71)55-72-42-26-17-27-43-72)139-141(125,130-58-75-48-32-34-50-77(75)102(104,105)106)132-60-79-85(88(127-7)97(135-79)122-66-116-82-91(110-63-113-94(82)122)119(52-69-36-20-14-21-37-69)53-70-38-22-15-23-39-70)138-142(126,131-59-76-49-33-35-51-78(76)103(107,108)109)133-61-80-87(140-144(12,13)101(4,5)6)90(129-9)99(136-80)124-68-118-84-93(112-65-115-96(84)124)121(56-73-44-28-18-29-45-73)57-74-46-30-19-31-47-74/h14-51,63-68,79-81,85-90,97-99H,52-62H2,1-13H3/t79-,80-,81-,85-,86-,87-,88-,89-,90-,97-,98-,99-,141?,142?/m1/s1. The van der Waals surface area contributed by atoms with Gasteiger partial charge in [-0.05, 0) is 92.9 Å². The Morgan fingerprint density at radius 2 is 0.611 bits per heavy atom. The van der Waals surface area contributed by atoms with E-state index in [1.807, 2.05) is 255 Å². The zero-order chi connectivity index (χ0) is 102. The van der Waals surface area contributed by atoms with Gasteiger partial charge in [0.15, 0.2) is 86.3 Å². The Kier molecular flexibility index (Phi) is 31.9. The molecule has 0 radical (unpaired) electrons. The number of benzene rings is 8. The number of anilines is 3. The van der Waals surface area contributed by atoms with Crippen molar-refractivity contribution in [1.29, 1.82) is 0 Å². The smallest absolute Gasteiger partial charge is 0.414 e. The Balaban J connectivity index is 0.776. The highest BCUT2D eigenvalue weighted by Crippen LogP contribution is 2.60. The van der Waals surface area contributed by atoms with E-state index in [0.717, 1.165) is 57.6 Å². The topological polar surface area (TPSA) is 304 Å². The van der Waals surface area contributed by atoms with Gasteiger partial charge in [-0.25, -0.2) is 54.0 Å². The fourth-order valence-electron chi connectivity index (χ4n) is 17.5. The van der Waals surface area contributed by atoms with Crippen LogP contribution in [0.15, 0.2) is 268 Å². The van der Waals surface area contributed by atoms with Crippen LogP contribution in [0.4, 0.5) is 43.8 Å². The number of hydrogen-bond acceptors (Lipinski definition) is 28. The Bertz CT molecular complexity index is 6610. The number of imidazole rings is 3. The summed E-state index contributed by atoms with van der Waals surface area (Å²) in [5.41, 5.74) is 4.18. The van der Waals surface area contributed by atoms with Crippen LogP contribution in [0.2, 0.25) is 36.3 Å². The molecule has 0 saturated carbocycles. The van der Waals surface area contributed by atoms with E-state index in [4.69, 9.17) is 109 Å². The predicted octanol–water partition coefficient (Wildman–Crippen LogP) is 21.8. The first-order chi connectivity index (χ1) is 69.0. The molecule has 41 heteroatoms. The monoisotopic (exact) mass is 2050 g/mol. The van der Waals surface area contributed by atoms with E-state index >= 15 is 35.5 Å². The Hall–Kier alpha value is -11.3. The van der Waals surface area contributed by atoms with Crippen LogP contribution in [0, 0.1) is 0 Å². The molecule has 8 aromatic carbocycles. The SMILES string of the molecule is CO[C@@H]1[C@H](O[Si](C)(C)C(C)(C)C)[C@@H](COP(=O)(OCc2ccccc2C(F)(F)F)O[C@H]2[C@@H](OC)[C@H](n3cnc4c(N(Cc5ccccc5)Cc5ccccc5)ncnc43)O[C@@H]2COP(=O)(OCc2ccccc2C(F)(F)F)O[C@H]2[C@@H](OC)[C@H](n3cnc4c(N(Cc5ccccc5)Cc5ccccc5)ncnc43)O[C@@H]2CO[Si](C)(C)C(C)(C)C)O[C@H]1n1cnc2c(N(Cc3ccccc3)Cc3ccccc3)ncnc21. The third kappa shape index (κ3) is 23.7. The second-order valence-electron chi connectivity index (χ2n) is 38.7. The van der Waals surface area contributed by atoms with Crippen LogP contribution in [-0.2, 0) is 138 Å². The predicted molar refractivity (Wildman–Crippen MR) is 533 cm³/mol. The number of methoxy groups -OCH3 is 3. The van der Waals surface area contributed by atoms with Crippen LogP contribution >= 0.6 is 15.6 Å². The van der Waals surface area contributed by atoms with Gasteiger partial charge in [0.25, 0.3) is 0 Å². The normalized spacial score (nSPS) is 21.2. The third-order valence-electron chi connectivity index (χ3n) is 27.1. The molecule has 760 valence electrons. The molecule has 3 aliphatic heterocycles. The van der Waals surface area contributed by atoms with Gasteiger partial charge in [0.2, 0.25) is 0 Å². The summed E-state index contributed by atoms with van der Waals surface area (Å²) >= 11 is 0. The lowest BCUT2D eigenvalue weighted by molar-refractivity contribution is -0.139.